The maximum Gasteiger partial charge on any atom is 0.262 e. The highest BCUT2D eigenvalue weighted by Crippen LogP contribution is 2.35. The molecular formula is C20H13N3O5S. The van der Waals surface area contributed by atoms with Gasteiger partial charge in [0, 0.05) is 29.1 Å². The molecule has 0 radical (unpaired) electrons. The Morgan fingerprint density at radius 1 is 1.14 bits per heavy atom. The Kier molecular flexibility index (Phi) is 4.14. The van der Waals surface area contributed by atoms with Crippen LogP contribution in [0.5, 0.6) is 17.2 Å². The normalized spacial score (nSPS) is 13.0. The molecular weight excluding hydrogens is 394 g/mol. The van der Waals surface area contributed by atoms with Crippen LogP contribution in [0.4, 0.5) is 10.8 Å². The molecule has 4 aromatic rings. The molecule has 0 atom stereocenters. The highest BCUT2D eigenvalue weighted by atomic mass is 32.1. The van der Waals surface area contributed by atoms with Crippen LogP contribution in [0.25, 0.3) is 11.0 Å². The highest BCUT2D eigenvalue weighted by molar-refractivity contribution is 7.13. The van der Waals surface area contributed by atoms with Crippen molar-refractivity contribution < 1.29 is 23.8 Å². The first kappa shape index (κ1) is 17.3. The molecule has 3 heterocycles. The zero-order chi connectivity index (χ0) is 19.8. The summed E-state index contributed by atoms with van der Waals surface area (Å²) in [5, 5.41) is 15.4. The van der Waals surface area contributed by atoms with Crippen LogP contribution in [-0.4, -0.2) is 22.8 Å². The number of ether oxygens (including phenoxy) is 2. The Morgan fingerprint density at radius 3 is 2.90 bits per heavy atom. The summed E-state index contributed by atoms with van der Waals surface area (Å²) in [6, 6.07) is 11.5. The zero-order valence-electron chi connectivity index (χ0n) is 14.8. The second-order valence-electron chi connectivity index (χ2n) is 6.13. The lowest BCUT2D eigenvalue weighted by Gasteiger charge is -2.05. The van der Waals surface area contributed by atoms with Crippen LogP contribution >= 0.6 is 11.3 Å². The van der Waals surface area contributed by atoms with Gasteiger partial charge in [-0.1, -0.05) is 0 Å². The number of hydrogen-bond donors (Lipinski definition) is 2. The Hall–Kier alpha value is -3.85. The molecule has 9 heteroatoms. The van der Waals surface area contributed by atoms with Gasteiger partial charge in [-0.15, -0.1) is 11.3 Å². The first-order valence-electron chi connectivity index (χ1n) is 8.58. The lowest BCUT2D eigenvalue weighted by molar-refractivity contribution is 0.102. The predicted molar refractivity (Wildman–Crippen MR) is 106 cm³/mol. The van der Waals surface area contributed by atoms with Crippen molar-refractivity contribution in [2.75, 3.05) is 12.1 Å². The molecule has 0 saturated heterocycles. The van der Waals surface area contributed by atoms with E-state index in [1.165, 1.54) is 23.5 Å². The van der Waals surface area contributed by atoms with Gasteiger partial charge in [0.05, 0.1) is 5.69 Å². The molecule has 1 aliphatic heterocycles. The maximum absolute atomic E-state index is 12.9. The van der Waals surface area contributed by atoms with E-state index in [4.69, 9.17) is 13.9 Å². The number of carbonyl (C=O) groups excluding carboxylic acids is 1. The van der Waals surface area contributed by atoms with Gasteiger partial charge in [-0.2, -0.15) is 0 Å². The van der Waals surface area contributed by atoms with Crippen LogP contribution in [-0.2, 0) is 0 Å². The fraction of sp³-hybridized carbons (Fsp3) is 0.0500. The number of phenols is 1. The largest absolute Gasteiger partial charge is 0.508 e. The third-order valence-electron chi connectivity index (χ3n) is 4.22. The molecule has 0 fully saturated rings. The molecule has 0 unspecified atom stereocenters. The topological polar surface area (TPSA) is 106 Å². The van der Waals surface area contributed by atoms with Crippen molar-refractivity contribution in [3.63, 3.8) is 0 Å². The lowest BCUT2D eigenvalue weighted by atomic mass is 10.1. The van der Waals surface area contributed by atoms with Crippen molar-refractivity contribution in [2.24, 2.45) is 4.99 Å². The Balaban J connectivity index is 1.66. The van der Waals surface area contributed by atoms with Gasteiger partial charge >= 0.3 is 0 Å². The monoisotopic (exact) mass is 407 g/mol. The number of rotatable bonds is 3. The van der Waals surface area contributed by atoms with Gasteiger partial charge in [-0.05, 0) is 30.3 Å². The molecule has 2 N–H and O–H groups in total. The van der Waals surface area contributed by atoms with Crippen LogP contribution in [0.3, 0.4) is 0 Å². The van der Waals surface area contributed by atoms with Crippen molar-refractivity contribution in [1.29, 1.82) is 0 Å². The number of aromatic nitrogens is 1. The number of carbonyl (C=O) groups is 1. The Bertz CT molecular complexity index is 1300. The minimum atomic E-state index is -0.404. The molecule has 2 aromatic heterocycles. The minimum absolute atomic E-state index is 0.0512. The van der Waals surface area contributed by atoms with Crippen LogP contribution < -0.4 is 20.3 Å². The van der Waals surface area contributed by atoms with E-state index in [0.29, 0.717) is 33.3 Å². The molecule has 8 nitrogen and oxygen atoms in total. The summed E-state index contributed by atoms with van der Waals surface area (Å²) >= 11 is 1.31. The lowest BCUT2D eigenvalue weighted by Crippen LogP contribution is -2.21. The molecule has 0 spiro atoms. The first-order chi connectivity index (χ1) is 14.2. The van der Waals surface area contributed by atoms with Gasteiger partial charge in [-0.25, -0.2) is 9.98 Å². The van der Waals surface area contributed by atoms with E-state index < -0.39 is 5.91 Å². The van der Waals surface area contributed by atoms with E-state index in [1.807, 2.05) is 0 Å². The van der Waals surface area contributed by atoms with Gasteiger partial charge in [0.25, 0.3) is 5.91 Å². The summed E-state index contributed by atoms with van der Waals surface area (Å²) in [4.78, 5) is 21.4. The number of thiazole rings is 1. The molecule has 29 heavy (non-hydrogen) atoms. The van der Waals surface area contributed by atoms with E-state index in [1.54, 1.807) is 41.9 Å². The quantitative estimate of drug-likeness (QED) is 0.535. The number of anilines is 1. The zero-order valence-corrected chi connectivity index (χ0v) is 15.6. The summed E-state index contributed by atoms with van der Waals surface area (Å²) < 4.78 is 16.5. The Morgan fingerprint density at radius 2 is 2.03 bits per heavy atom. The van der Waals surface area contributed by atoms with Crippen molar-refractivity contribution in [3.05, 3.63) is 65.2 Å². The highest BCUT2D eigenvalue weighted by Gasteiger charge is 2.16. The van der Waals surface area contributed by atoms with E-state index in [0.717, 1.165) is 0 Å². The number of fused-ring (bicyclic) bond motifs is 2. The van der Waals surface area contributed by atoms with Crippen LogP contribution in [0.2, 0.25) is 0 Å². The molecule has 144 valence electrons. The van der Waals surface area contributed by atoms with Crippen molar-refractivity contribution in [1.82, 2.24) is 4.98 Å². The first-order valence-corrected chi connectivity index (χ1v) is 9.46. The van der Waals surface area contributed by atoms with Crippen molar-refractivity contribution in [2.45, 2.75) is 0 Å². The molecule has 2 aromatic carbocycles. The molecule has 5 rings (SSSR count). The molecule has 0 bridgehead atoms. The summed E-state index contributed by atoms with van der Waals surface area (Å²) in [7, 11) is 0. The van der Waals surface area contributed by atoms with Crippen LogP contribution in [0.15, 0.2) is 63.5 Å². The van der Waals surface area contributed by atoms with Crippen LogP contribution in [0.1, 0.15) is 10.4 Å². The fourth-order valence-corrected chi connectivity index (χ4v) is 3.40. The summed E-state index contributed by atoms with van der Waals surface area (Å²) in [5.41, 5.74) is 1.25. The van der Waals surface area contributed by atoms with Gasteiger partial charge < -0.3 is 19.0 Å². The van der Waals surface area contributed by atoms with Gasteiger partial charge in [0.2, 0.25) is 12.3 Å². The van der Waals surface area contributed by atoms with E-state index >= 15 is 0 Å². The molecule has 1 amide bonds. The molecule has 1 aliphatic rings. The van der Waals surface area contributed by atoms with Crippen molar-refractivity contribution in [3.8, 4) is 17.2 Å². The standard InChI is InChI=1S/C20H13N3O5S/c24-13-3-1-11-7-14(18(25)23-20-21-5-6-29-20)19(28-16(11)9-13)22-12-2-4-15-17(8-12)27-10-26-15/h1-9,24H,10H2,(H,21,23,25). The van der Waals surface area contributed by atoms with E-state index in [9.17, 15) is 9.90 Å². The number of amides is 1. The SMILES string of the molecule is O=C(Nc1nccs1)c1cc2ccc(O)cc2oc1=Nc1ccc2c(c1)OCO2. The average Bonchev–Trinajstić information content (AvgIpc) is 3.38. The van der Waals surface area contributed by atoms with Gasteiger partial charge in [0.15, 0.2) is 16.6 Å². The number of nitrogens with one attached hydrogen (secondary N) is 1. The third-order valence-corrected chi connectivity index (χ3v) is 4.91. The second kappa shape index (κ2) is 6.95. The molecule has 0 saturated carbocycles. The Labute approximate surface area is 167 Å². The summed E-state index contributed by atoms with van der Waals surface area (Å²) in [5.74, 6) is 0.845. The summed E-state index contributed by atoms with van der Waals surface area (Å²) in [6.07, 6.45) is 1.60. The summed E-state index contributed by atoms with van der Waals surface area (Å²) in [6.45, 7) is 0.153. The van der Waals surface area contributed by atoms with Crippen molar-refractivity contribution >= 4 is 39.0 Å². The average molecular weight is 407 g/mol. The number of aromatic hydroxyl groups is 1. The van der Waals surface area contributed by atoms with Crippen LogP contribution in [0, 0.1) is 0 Å². The number of nitrogens with zero attached hydrogens (tertiary/aromatic N) is 2. The molecule has 0 aliphatic carbocycles. The predicted octanol–water partition coefficient (Wildman–Crippen LogP) is 3.81. The minimum Gasteiger partial charge on any atom is -0.508 e. The fourth-order valence-electron chi connectivity index (χ4n) is 2.87. The maximum atomic E-state index is 12.9. The van der Waals surface area contributed by atoms with Gasteiger partial charge in [0.1, 0.15) is 16.9 Å². The number of phenolic OH excluding ortho intramolecular Hbond substituents is 1. The van der Waals surface area contributed by atoms with E-state index in [-0.39, 0.29) is 23.7 Å². The smallest absolute Gasteiger partial charge is 0.262 e. The van der Waals surface area contributed by atoms with Gasteiger partial charge in [-0.3, -0.25) is 10.1 Å². The third kappa shape index (κ3) is 3.39. The van der Waals surface area contributed by atoms with E-state index in [2.05, 4.69) is 15.3 Å². The number of benzene rings is 2. The number of hydrogen-bond acceptors (Lipinski definition) is 8. The second-order valence-corrected chi connectivity index (χ2v) is 7.02.